The highest BCUT2D eigenvalue weighted by Gasteiger charge is 2.23. The van der Waals surface area contributed by atoms with Gasteiger partial charge in [0.2, 0.25) is 5.91 Å². The molecule has 0 unspecified atom stereocenters. The molecule has 0 heterocycles. The van der Waals surface area contributed by atoms with Gasteiger partial charge in [0.05, 0.1) is 0 Å². The van der Waals surface area contributed by atoms with Crippen LogP contribution < -0.4 is 5.32 Å². The van der Waals surface area contributed by atoms with E-state index < -0.39 is 18.1 Å². The van der Waals surface area contributed by atoms with E-state index in [-0.39, 0.29) is 12.3 Å². The minimum atomic E-state index is -0.750. The highest BCUT2D eigenvalue weighted by molar-refractivity contribution is 5.84. The van der Waals surface area contributed by atoms with Crippen molar-refractivity contribution in [2.24, 2.45) is 0 Å². The van der Waals surface area contributed by atoms with Crippen molar-refractivity contribution in [3.63, 3.8) is 0 Å². The Balaban J connectivity index is 2.10. The van der Waals surface area contributed by atoms with Crippen LogP contribution in [-0.2, 0) is 14.3 Å². The monoisotopic (exact) mass is 335 g/mol. The summed E-state index contributed by atoms with van der Waals surface area (Å²) in [6.45, 7) is 1.60. The number of carbonyl (C=O) groups is 2. The average molecular weight is 335 g/mol. The fraction of sp³-hybridized carbons (Fsp3) is 0.238. The molecule has 2 rings (SSSR count). The zero-order valence-electron chi connectivity index (χ0n) is 14.1. The number of esters is 1. The average Bonchev–Trinajstić information content (AvgIpc) is 2.65. The van der Waals surface area contributed by atoms with Gasteiger partial charge in [-0.3, -0.25) is 4.79 Å². The molecular formula is C21H21NO3. The molecule has 1 amide bonds. The maximum Gasteiger partial charge on any atom is 0.329 e. The molecule has 4 heteroatoms. The quantitative estimate of drug-likeness (QED) is 0.624. The summed E-state index contributed by atoms with van der Waals surface area (Å²) in [6, 6.07) is 18.2. The number of carbonyl (C=O) groups excluding carboxylic acids is 2. The van der Waals surface area contributed by atoms with E-state index in [2.05, 4.69) is 11.2 Å². The van der Waals surface area contributed by atoms with Crippen molar-refractivity contribution >= 4 is 11.9 Å². The molecule has 2 aromatic rings. The fourth-order valence-corrected chi connectivity index (χ4v) is 2.36. The summed E-state index contributed by atoms with van der Waals surface area (Å²) in [5.74, 6) is 1.64. The number of terminal acetylenes is 1. The highest BCUT2D eigenvalue weighted by Crippen LogP contribution is 2.26. The largest absolute Gasteiger partial charge is 0.451 e. The molecule has 2 aromatic carbocycles. The van der Waals surface area contributed by atoms with Crippen LogP contribution in [-0.4, -0.2) is 17.9 Å². The smallest absolute Gasteiger partial charge is 0.329 e. The molecule has 4 nitrogen and oxygen atoms in total. The van der Waals surface area contributed by atoms with Gasteiger partial charge in [0, 0.05) is 12.8 Å². The van der Waals surface area contributed by atoms with Gasteiger partial charge in [0.15, 0.2) is 6.10 Å². The second-order valence-electron chi connectivity index (χ2n) is 5.63. The van der Waals surface area contributed by atoms with E-state index in [4.69, 9.17) is 11.2 Å². The van der Waals surface area contributed by atoms with E-state index in [0.717, 1.165) is 11.1 Å². The summed E-state index contributed by atoms with van der Waals surface area (Å²) < 4.78 is 5.70. The van der Waals surface area contributed by atoms with Gasteiger partial charge in [0.1, 0.15) is 6.04 Å². The van der Waals surface area contributed by atoms with Gasteiger partial charge in [-0.2, -0.15) is 0 Å². The third kappa shape index (κ3) is 5.50. The van der Waals surface area contributed by atoms with Crippen LogP contribution in [0.3, 0.4) is 0 Å². The van der Waals surface area contributed by atoms with Crippen molar-refractivity contribution in [3.8, 4) is 12.3 Å². The third-order valence-electron chi connectivity index (χ3n) is 3.67. The molecule has 1 atom stereocenters. The standard InChI is InChI=1S/C21H21NO3/c1-3-4-15-19(23)22-16(2)21(24)25-20(17-11-7-5-8-12-17)18-13-9-6-10-14-18/h1,5-14,16,20H,4,15H2,2H3,(H,22,23)/t16-/m0/s1. The van der Waals surface area contributed by atoms with Crippen LogP contribution in [0.5, 0.6) is 0 Å². The van der Waals surface area contributed by atoms with Crippen molar-refractivity contribution in [1.29, 1.82) is 0 Å². The van der Waals surface area contributed by atoms with Gasteiger partial charge < -0.3 is 10.1 Å². The van der Waals surface area contributed by atoms with E-state index in [9.17, 15) is 9.59 Å². The van der Waals surface area contributed by atoms with Crippen LogP contribution in [0, 0.1) is 12.3 Å². The zero-order chi connectivity index (χ0) is 18.1. The van der Waals surface area contributed by atoms with Crippen molar-refractivity contribution in [1.82, 2.24) is 5.32 Å². The van der Waals surface area contributed by atoms with Crippen molar-refractivity contribution in [3.05, 3.63) is 71.8 Å². The van der Waals surface area contributed by atoms with Gasteiger partial charge in [0.25, 0.3) is 0 Å². The van der Waals surface area contributed by atoms with Crippen molar-refractivity contribution in [2.45, 2.75) is 31.9 Å². The van der Waals surface area contributed by atoms with Crippen molar-refractivity contribution < 1.29 is 14.3 Å². The van der Waals surface area contributed by atoms with E-state index >= 15 is 0 Å². The summed E-state index contributed by atoms with van der Waals surface area (Å²) in [5.41, 5.74) is 1.74. The summed E-state index contributed by atoms with van der Waals surface area (Å²) in [5, 5.41) is 2.61. The Morgan fingerprint density at radius 2 is 1.56 bits per heavy atom. The van der Waals surface area contributed by atoms with Gasteiger partial charge in [-0.25, -0.2) is 4.79 Å². The van der Waals surface area contributed by atoms with E-state index in [0.29, 0.717) is 6.42 Å². The molecule has 0 saturated carbocycles. The molecule has 0 aliphatic heterocycles. The Labute approximate surface area is 148 Å². The van der Waals surface area contributed by atoms with Crippen LogP contribution in [0.4, 0.5) is 0 Å². The van der Waals surface area contributed by atoms with Gasteiger partial charge >= 0.3 is 5.97 Å². The van der Waals surface area contributed by atoms with Crippen LogP contribution in [0.2, 0.25) is 0 Å². The lowest BCUT2D eigenvalue weighted by Gasteiger charge is -2.21. The van der Waals surface area contributed by atoms with E-state index in [1.807, 2.05) is 60.7 Å². The third-order valence-corrected chi connectivity index (χ3v) is 3.67. The first-order valence-corrected chi connectivity index (χ1v) is 8.15. The Hall–Kier alpha value is -3.06. The summed E-state index contributed by atoms with van der Waals surface area (Å²) >= 11 is 0. The Morgan fingerprint density at radius 3 is 2.04 bits per heavy atom. The zero-order valence-corrected chi connectivity index (χ0v) is 14.1. The van der Waals surface area contributed by atoms with Gasteiger partial charge in [-0.1, -0.05) is 60.7 Å². The lowest BCUT2D eigenvalue weighted by Crippen LogP contribution is -2.40. The highest BCUT2D eigenvalue weighted by atomic mass is 16.5. The van der Waals surface area contributed by atoms with Gasteiger partial charge in [-0.05, 0) is 18.1 Å². The summed E-state index contributed by atoms with van der Waals surface area (Å²) in [6.07, 6.45) is 5.14. The topological polar surface area (TPSA) is 55.4 Å². The second-order valence-corrected chi connectivity index (χ2v) is 5.63. The number of hydrogen-bond donors (Lipinski definition) is 1. The fourth-order valence-electron chi connectivity index (χ4n) is 2.36. The first-order valence-electron chi connectivity index (χ1n) is 8.15. The Bertz CT molecular complexity index is 695. The van der Waals surface area contributed by atoms with Crippen LogP contribution in [0.1, 0.15) is 37.0 Å². The predicted octanol–water partition coefficient (Wildman–Crippen LogP) is 3.24. The number of rotatable bonds is 7. The van der Waals surface area contributed by atoms with Crippen LogP contribution in [0.25, 0.3) is 0 Å². The minimum Gasteiger partial charge on any atom is -0.451 e. The van der Waals surface area contributed by atoms with E-state index in [1.165, 1.54) is 0 Å². The molecule has 0 fully saturated rings. The molecule has 128 valence electrons. The second kappa shape index (κ2) is 9.29. The molecule has 0 radical (unpaired) electrons. The first-order chi connectivity index (χ1) is 12.1. The number of ether oxygens (including phenoxy) is 1. The molecule has 0 bridgehead atoms. The van der Waals surface area contributed by atoms with E-state index in [1.54, 1.807) is 6.92 Å². The molecule has 0 aliphatic rings. The van der Waals surface area contributed by atoms with Crippen molar-refractivity contribution in [2.75, 3.05) is 0 Å². The molecule has 0 spiro atoms. The van der Waals surface area contributed by atoms with Crippen LogP contribution in [0.15, 0.2) is 60.7 Å². The Morgan fingerprint density at radius 1 is 1.04 bits per heavy atom. The lowest BCUT2D eigenvalue weighted by atomic mass is 10.0. The molecule has 25 heavy (non-hydrogen) atoms. The van der Waals surface area contributed by atoms with Crippen LogP contribution >= 0.6 is 0 Å². The normalized spacial score (nSPS) is 11.4. The maximum atomic E-state index is 12.4. The molecular weight excluding hydrogens is 314 g/mol. The lowest BCUT2D eigenvalue weighted by molar-refractivity contribution is -0.151. The SMILES string of the molecule is C#CCCC(=O)N[C@@H](C)C(=O)OC(c1ccccc1)c1ccccc1. The molecule has 0 aromatic heterocycles. The molecule has 0 aliphatic carbocycles. The number of amides is 1. The minimum absolute atomic E-state index is 0.189. The summed E-state index contributed by atoms with van der Waals surface area (Å²) in [7, 11) is 0. The number of nitrogens with one attached hydrogen (secondary N) is 1. The maximum absolute atomic E-state index is 12.4. The number of benzene rings is 2. The van der Waals surface area contributed by atoms with Gasteiger partial charge in [-0.15, -0.1) is 12.3 Å². The predicted molar refractivity (Wildman–Crippen MR) is 96.5 cm³/mol. The Kier molecular flexibility index (Phi) is 6.79. The first kappa shape index (κ1) is 18.3. The molecule has 0 saturated heterocycles. The molecule has 1 N–H and O–H groups in total. The number of hydrogen-bond acceptors (Lipinski definition) is 3. The summed E-state index contributed by atoms with van der Waals surface area (Å²) in [4.78, 5) is 24.2.